The number of hydrogen-bond acceptors (Lipinski definition) is 3. The van der Waals surface area contributed by atoms with Gasteiger partial charge in [-0.1, -0.05) is 17.7 Å². The number of pyridine rings is 1. The van der Waals surface area contributed by atoms with Crippen molar-refractivity contribution in [3.8, 4) is 23.1 Å². The number of hydrogen-bond donors (Lipinski definition) is 0. The van der Waals surface area contributed by atoms with Crippen molar-refractivity contribution in [1.82, 2.24) is 4.98 Å². The van der Waals surface area contributed by atoms with Crippen LogP contribution < -0.4 is 4.74 Å². The number of methoxy groups -OCH3 is 1. The molecule has 0 aliphatic heterocycles. The van der Waals surface area contributed by atoms with E-state index in [9.17, 15) is 0 Å². The Kier molecular flexibility index (Phi) is 3.82. The third kappa shape index (κ3) is 2.74. The van der Waals surface area contributed by atoms with Crippen LogP contribution in [0.2, 0.25) is 0 Å². The lowest BCUT2D eigenvalue weighted by atomic mass is 10.0. The molecule has 0 fully saturated rings. The minimum Gasteiger partial charge on any atom is -0.496 e. The van der Waals surface area contributed by atoms with Gasteiger partial charge in [-0.3, -0.25) is 4.98 Å². The smallest absolute Gasteiger partial charge is 0.128 e. The fourth-order valence-electron chi connectivity index (χ4n) is 2.03. The maximum absolute atomic E-state index is 8.75. The number of nitrogens with zero attached hydrogens (tertiary/aromatic N) is 2. The fraction of sp³-hybridized carbons (Fsp3) is 0.250. The van der Waals surface area contributed by atoms with Gasteiger partial charge in [-0.05, 0) is 37.6 Å². The van der Waals surface area contributed by atoms with Gasteiger partial charge in [0.15, 0.2) is 0 Å². The summed E-state index contributed by atoms with van der Waals surface area (Å²) >= 11 is 0. The molecule has 0 N–H and O–H groups in total. The highest BCUT2D eigenvalue weighted by Gasteiger charge is 2.09. The molecule has 1 aromatic carbocycles. The SMILES string of the molecule is COc1ccc(C)cc1-c1ccc(CC#N)c(C)n1. The molecule has 0 amide bonds. The number of nitriles is 1. The van der Waals surface area contributed by atoms with Crippen LogP contribution in [0, 0.1) is 25.2 Å². The van der Waals surface area contributed by atoms with Gasteiger partial charge in [0.2, 0.25) is 0 Å². The van der Waals surface area contributed by atoms with Gasteiger partial charge in [0.25, 0.3) is 0 Å². The highest BCUT2D eigenvalue weighted by molar-refractivity contribution is 5.68. The minimum atomic E-state index is 0.393. The normalized spacial score (nSPS) is 10.0. The van der Waals surface area contributed by atoms with Gasteiger partial charge >= 0.3 is 0 Å². The summed E-state index contributed by atoms with van der Waals surface area (Å²) in [4.78, 5) is 4.58. The van der Waals surface area contributed by atoms with Crippen molar-refractivity contribution in [3.63, 3.8) is 0 Å². The maximum atomic E-state index is 8.75. The number of rotatable bonds is 3. The summed E-state index contributed by atoms with van der Waals surface area (Å²) in [6, 6.07) is 12.1. The van der Waals surface area contributed by atoms with Crippen LogP contribution in [0.1, 0.15) is 16.8 Å². The van der Waals surface area contributed by atoms with Gasteiger partial charge in [0, 0.05) is 11.3 Å². The molecule has 0 aliphatic rings. The minimum absolute atomic E-state index is 0.393. The van der Waals surface area contributed by atoms with Crippen molar-refractivity contribution in [2.75, 3.05) is 7.11 Å². The number of aryl methyl sites for hydroxylation is 2. The Morgan fingerprint density at radius 3 is 2.63 bits per heavy atom. The van der Waals surface area contributed by atoms with Crippen molar-refractivity contribution in [3.05, 3.63) is 47.2 Å². The molecule has 2 rings (SSSR count). The molecule has 2 aromatic rings. The van der Waals surface area contributed by atoms with Crippen LogP contribution in [0.15, 0.2) is 30.3 Å². The first-order valence-corrected chi connectivity index (χ1v) is 6.14. The van der Waals surface area contributed by atoms with E-state index < -0.39 is 0 Å². The quantitative estimate of drug-likeness (QED) is 0.840. The number of aromatic nitrogens is 1. The van der Waals surface area contributed by atoms with Crippen molar-refractivity contribution >= 4 is 0 Å². The monoisotopic (exact) mass is 252 g/mol. The molecule has 0 spiro atoms. The molecule has 0 unspecified atom stereocenters. The zero-order valence-corrected chi connectivity index (χ0v) is 11.4. The third-order valence-corrected chi connectivity index (χ3v) is 3.10. The van der Waals surface area contributed by atoms with Gasteiger partial charge in [-0.15, -0.1) is 0 Å². The Labute approximate surface area is 113 Å². The lowest BCUT2D eigenvalue weighted by molar-refractivity contribution is 0.416. The van der Waals surface area contributed by atoms with Crippen LogP contribution >= 0.6 is 0 Å². The zero-order chi connectivity index (χ0) is 13.8. The van der Waals surface area contributed by atoms with Crippen LogP contribution in [0.25, 0.3) is 11.3 Å². The van der Waals surface area contributed by atoms with E-state index in [1.807, 2.05) is 38.1 Å². The van der Waals surface area contributed by atoms with Crippen molar-refractivity contribution in [1.29, 1.82) is 5.26 Å². The molecule has 3 nitrogen and oxygen atoms in total. The second kappa shape index (κ2) is 5.53. The summed E-state index contributed by atoms with van der Waals surface area (Å²) in [6.45, 7) is 3.97. The average Bonchev–Trinajstić information content (AvgIpc) is 2.41. The standard InChI is InChI=1S/C16H16N2O/c1-11-4-7-16(19-3)14(10-11)15-6-5-13(8-9-17)12(2)18-15/h4-7,10H,8H2,1-3H3. The maximum Gasteiger partial charge on any atom is 0.128 e. The Morgan fingerprint density at radius 2 is 2.00 bits per heavy atom. The van der Waals surface area contributed by atoms with E-state index in [1.54, 1.807) is 7.11 Å². The summed E-state index contributed by atoms with van der Waals surface area (Å²) in [5.41, 5.74) is 4.88. The molecule has 1 aromatic heterocycles. The summed E-state index contributed by atoms with van der Waals surface area (Å²) in [5.74, 6) is 0.811. The average molecular weight is 252 g/mol. The van der Waals surface area contributed by atoms with Crippen LogP contribution in [0.5, 0.6) is 5.75 Å². The van der Waals surface area contributed by atoms with Crippen LogP contribution in [-0.2, 0) is 6.42 Å². The van der Waals surface area contributed by atoms with Crippen LogP contribution in [-0.4, -0.2) is 12.1 Å². The molecular weight excluding hydrogens is 236 g/mol. The molecule has 96 valence electrons. The molecule has 0 saturated heterocycles. The third-order valence-electron chi connectivity index (χ3n) is 3.10. The largest absolute Gasteiger partial charge is 0.496 e. The van der Waals surface area contributed by atoms with E-state index in [0.29, 0.717) is 6.42 Å². The molecule has 19 heavy (non-hydrogen) atoms. The number of benzene rings is 1. The highest BCUT2D eigenvalue weighted by Crippen LogP contribution is 2.30. The van der Waals surface area contributed by atoms with Gasteiger partial charge in [0.1, 0.15) is 5.75 Å². The van der Waals surface area contributed by atoms with E-state index in [1.165, 1.54) is 0 Å². The molecule has 0 aliphatic carbocycles. The summed E-state index contributed by atoms with van der Waals surface area (Å²) in [7, 11) is 1.66. The van der Waals surface area contributed by atoms with E-state index in [0.717, 1.165) is 33.8 Å². The molecule has 0 radical (unpaired) electrons. The van der Waals surface area contributed by atoms with Gasteiger partial charge in [-0.2, -0.15) is 5.26 Å². The predicted molar refractivity (Wildman–Crippen MR) is 75.0 cm³/mol. The van der Waals surface area contributed by atoms with Crippen LogP contribution in [0.3, 0.4) is 0 Å². The van der Waals surface area contributed by atoms with E-state index in [-0.39, 0.29) is 0 Å². The molecule has 0 bridgehead atoms. The lowest BCUT2D eigenvalue weighted by Crippen LogP contribution is -1.96. The molecular formula is C16H16N2O. The first-order chi connectivity index (χ1) is 9.15. The Morgan fingerprint density at radius 1 is 1.21 bits per heavy atom. The predicted octanol–water partition coefficient (Wildman–Crippen LogP) is 3.44. The van der Waals surface area contributed by atoms with Gasteiger partial charge in [-0.25, -0.2) is 0 Å². The Balaban J connectivity index is 2.51. The highest BCUT2D eigenvalue weighted by atomic mass is 16.5. The van der Waals surface area contributed by atoms with Crippen molar-refractivity contribution in [2.24, 2.45) is 0 Å². The molecule has 1 heterocycles. The topological polar surface area (TPSA) is 45.9 Å². The first-order valence-electron chi connectivity index (χ1n) is 6.14. The van der Waals surface area contributed by atoms with Gasteiger partial charge < -0.3 is 4.74 Å². The van der Waals surface area contributed by atoms with E-state index in [4.69, 9.17) is 10.00 Å². The van der Waals surface area contributed by atoms with E-state index in [2.05, 4.69) is 17.1 Å². The van der Waals surface area contributed by atoms with Crippen LogP contribution in [0.4, 0.5) is 0 Å². The lowest BCUT2D eigenvalue weighted by Gasteiger charge is -2.10. The first kappa shape index (κ1) is 13.1. The molecule has 0 saturated carbocycles. The second-order valence-electron chi connectivity index (χ2n) is 4.48. The summed E-state index contributed by atoms with van der Waals surface area (Å²) in [6.07, 6.45) is 0.393. The number of ether oxygens (including phenoxy) is 1. The van der Waals surface area contributed by atoms with Gasteiger partial charge in [0.05, 0.1) is 25.3 Å². The molecule has 3 heteroatoms. The Bertz CT molecular complexity index is 642. The van der Waals surface area contributed by atoms with Crippen molar-refractivity contribution in [2.45, 2.75) is 20.3 Å². The molecule has 0 atom stereocenters. The van der Waals surface area contributed by atoms with E-state index >= 15 is 0 Å². The summed E-state index contributed by atoms with van der Waals surface area (Å²) in [5, 5.41) is 8.75. The summed E-state index contributed by atoms with van der Waals surface area (Å²) < 4.78 is 5.38. The second-order valence-corrected chi connectivity index (χ2v) is 4.48. The van der Waals surface area contributed by atoms with Crippen molar-refractivity contribution < 1.29 is 4.74 Å². The Hall–Kier alpha value is -2.34. The zero-order valence-electron chi connectivity index (χ0n) is 11.4. The fourth-order valence-corrected chi connectivity index (χ4v) is 2.03.